The van der Waals surface area contributed by atoms with Crippen LogP contribution in [-0.4, -0.2) is 23.7 Å². The highest BCUT2D eigenvalue weighted by Gasteiger charge is 2.38. The first-order valence-corrected chi connectivity index (χ1v) is 4.23. The van der Waals surface area contributed by atoms with E-state index in [2.05, 4.69) is 5.32 Å². The number of hydrogen-bond acceptors (Lipinski definition) is 2. The van der Waals surface area contributed by atoms with Crippen molar-refractivity contribution in [1.29, 1.82) is 0 Å². The van der Waals surface area contributed by atoms with Gasteiger partial charge in [-0.05, 0) is 25.2 Å². The maximum atomic E-state index is 10.7. The third-order valence-corrected chi connectivity index (χ3v) is 2.99. The normalized spacial score (nSPS) is 42.4. The van der Waals surface area contributed by atoms with E-state index in [0.717, 1.165) is 12.8 Å². The van der Waals surface area contributed by atoms with Crippen LogP contribution in [0.5, 0.6) is 0 Å². The van der Waals surface area contributed by atoms with E-state index in [1.165, 1.54) is 6.42 Å². The van der Waals surface area contributed by atoms with Gasteiger partial charge in [0.1, 0.15) is 0 Å². The smallest absolute Gasteiger partial charge is 0.308 e. The Morgan fingerprint density at radius 3 is 3.00 bits per heavy atom. The van der Waals surface area contributed by atoms with E-state index < -0.39 is 5.97 Å². The third kappa shape index (κ3) is 1.13. The van der Waals surface area contributed by atoms with Crippen LogP contribution in [0.4, 0.5) is 0 Å². The Kier molecular flexibility index (Phi) is 1.60. The Morgan fingerprint density at radius 2 is 2.27 bits per heavy atom. The molecule has 2 aliphatic rings. The quantitative estimate of drug-likeness (QED) is 0.578. The molecule has 2 N–H and O–H groups in total. The molecule has 0 amide bonds. The molecule has 3 heteroatoms. The summed E-state index contributed by atoms with van der Waals surface area (Å²) in [5.41, 5.74) is 0. The van der Waals surface area contributed by atoms with E-state index in [0.29, 0.717) is 18.5 Å². The number of carbonyl (C=O) groups is 1. The number of carboxylic acids is 1. The largest absolute Gasteiger partial charge is 0.481 e. The highest BCUT2D eigenvalue weighted by molar-refractivity contribution is 5.71. The van der Waals surface area contributed by atoms with Crippen LogP contribution in [0.15, 0.2) is 0 Å². The molecule has 2 bridgehead atoms. The second kappa shape index (κ2) is 2.48. The van der Waals surface area contributed by atoms with E-state index in [1.54, 1.807) is 0 Å². The molecular formula is C8H13NO2. The Labute approximate surface area is 65.8 Å². The van der Waals surface area contributed by atoms with Crippen molar-refractivity contribution >= 4 is 5.97 Å². The maximum absolute atomic E-state index is 10.7. The number of fused-ring (bicyclic) bond motifs is 2. The van der Waals surface area contributed by atoms with Gasteiger partial charge in [0.2, 0.25) is 0 Å². The summed E-state index contributed by atoms with van der Waals surface area (Å²) in [4.78, 5) is 10.7. The van der Waals surface area contributed by atoms with Crippen molar-refractivity contribution < 1.29 is 9.90 Å². The van der Waals surface area contributed by atoms with Gasteiger partial charge in [0, 0.05) is 12.6 Å². The molecule has 2 fully saturated rings. The van der Waals surface area contributed by atoms with Crippen LogP contribution in [-0.2, 0) is 4.79 Å². The van der Waals surface area contributed by atoms with Crippen molar-refractivity contribution in [3.05, 3.63) is 0 Å². The highest BCUT2D eigenvalue weighted by atomic mass is 16.4. The summed E-state index contributed by atoms with van der Waals surface area (Å²) in [7, 11) is 0. The zero-order chi connectivity index (χ0) is 7.84. The van der Waals surface area contributed by atoms with Crippen molar-refractivity contribution in [3.8, 4) is 0 Å². The molecule has 0 aromatic rings. The summed E-state index contributed by atoms with van der Waals surface area (Å²) >= 11 is 0. The van der Waals surface area contributed by atoms with Crippen molar-refractivity contribution in [3.63, 3.8) is 0 Å². The molecule has 0 unspecified atom stereocenters. The lowest BCUT2D eigenvalue weighted by atomic mass is 9.88. The zero-order valence-corrected chi connectivity index (χ0v) is 6.42. The van der Waals surface area contributed by atoms with Crippen molar-refractivity contribution in [2.45, 2.75) is 25.3 Å². The SMILES string of the molecule is O=C(O)[C@@H]1CN[C@@H]2CC[C@H]1C2. The first kappa shape index (κ1) is 7.10. The molecule has 1 aliphatic carbocycles. The molecule has 2 rings (SSSR count). The lowest BCUT2D eigenvalue weighted by Crippen LogP contribution is -2.41. The molecule has 1 saturated carbocycles. The average Bonchev–Trinajstić information content (AvgIpc) is 2.32. The van der Waals surface area contributed by atoms with E-state index in [-0.39, 0.29) is 5.92 Å². The van der Waals surface area contributed by atoms with Gasteiger partial charge in [0.05, 0.1) is 5.92 Å². The Morgan fingerprint density at radius 1 is 1.45 bits per heavy atom. The molecule has 0 radical (unpaired) electrons. The van der Waals surface area contributed by atoms with E-state index in [4.69, 9.17) is 5.11 Å². The average molecular weight is 155 g/mol. The van der Waals surface area contributed by atoms with Gasteiger partial charge in [-0.3, -0.25) is 4.79 Å². The first-order chi connectivity index (χ1) is 5.27. The van der Waals surface area contributed by atoms with Gasteiger partial charge in [-0.2, -0.15) is 0 Å². The first-order valence-electron chi connectivity index (χ1n) is 4.23. The molecule has 3 atom stereocenters. The van der Waals surface area contributed by atoms with Crippen LogP contribution in [0.1, 0.15) is 19.3 Å². The summed E-state index contributed by atoms with van der Waals surface area (Å²) in [6.07, 6.45) is 3.36. The lowest BCUT2D eigenvalue weighted by molar-refractivity contribution is -0.143. The fourth-order valence-electron chi connectivity index (χ4n) is 2.32. The fourth-order valence-corrected chi connectivity index (χ4v) is 2.32. The predicted octanol–water partition coefficient (Wildman–Crippen LogP) is 0.459. The second-order valence-electron chi connectivity index (χ2n) is 3.62. The minimum absolute atomic E-state index is 0.117. The maximum Gasteiger partial charge on any atom is 0.308 e. The number of aliphatic carboxylic acids is 1. The van der Waals surface area contributed by atoms with Crippen LogP contribution in [0.3, 0.4) is 0 Å². The van der Waals surface area contributed by atoms with Gasteiger partial charge in [-0.1, -0.05) is 0 Å². The molecule has 11 heavy (non-hydrogen) atoms. The monoisotopic (exact) mass is 155 g/mol. The third-order valence-electron chi connectivity index (χ3n) is 2.99. The summed E-state index contributed by atoms with van der Waals surface area (Å²) in [6, 6.07) is 0.621. The molecule has 0 aromatic carbocycles. The van der Waals surface area contributed by atoms with Crippen molar-refractivity contribution in [2.75, 3.05) is 6.54 Å². The molecule has 62 valence electrons. The highest BCUT2D eigenvalue weighted by Crippen LogP contribution is 2.35. The Hall–Kier alpha value is -0.570. The van der Waals surface area contributed by atoms with Gasteiger partial charge < -0.3 is 10.4 Å². The van der Waals surface area contributed by atoms with Crippen LogP contribution in [0, 0.1) is 11.8 Å². The summed E-state index contributed by atoms with van der Waals surface area (Å²) in [5.74, 6) is -0.282. The van der Waals surface area contributed by atoms with Crippen molar-refractivity contribution in [1.82, 2.24) is 5.32 Å². The van der Waals surface area contributed by atoms with Crippen LogP contribution < -0.4 is 5.32 Å². The van der Waals surface area contributed by atoms with Gasteiger partial charge in [0.15, 0.2) is 0 Å². The predicted molar refractivity (Wildman–Crippen MR) is 40.3 cm³/mol. The molecule has 1 aliphatic heterocycles. The molecular weight excluding hydrogens is 142 g/mol. The minimum atomic E-state index is -0.622. The second-order valence-corrected chi connectivity index (χ2v) is 3.62. The Balaban J connectivity index is 2.07. The van der Waals surface area contributed by atoms with Gasteiger partial charge in [-0.15, -0.1) is 0 Å². The molecule has 3 nitrogen and oxygen atoms in total. The van der Waals surface area contributed by atoms with Gasteiger partial charge in [-0.25, -0.2) is 0 Å². The standard InChI is InChI=1S/C8H13NO2/c10-8(11)7-4-9-6-2-1-5(7)3-6/h5-7,9H,1-4H2,(H,10,11)/t5-,6+,7+/m0/s1. The fraction of sp³-hybridized carbons (Fsp3) is 0.875. The number of carboxylic acid groups (broad SMARTS) is 1. The molecule has 0 aromatic heterocycles. The van der Waals surface area contributed by atoms with Crippen LogP contribution in [0.2, 0.25) is 0 Å². The van der Waals surface area contributed by atoms with Crippen molar-refractivity contribution in [2.24, 2.45) is 11.8 Å². The number of piperidine rings is 1. The van der Waals surface area contributed by atoms with Gasteiger partial charge >= 0.3 is 5.97 Å². The lowest BCUT2D eigenvalue weighted by Gasteiger charge is -2.26. The summed E-state index contributed by atoms with van der Waals surface area (Å²) < 4.78 is 0. The molecule has 0 spiro atoms. The van der Waals surface area contributed by atoms with Crippen LogP contribution in [0.25, 0.3) is 0 Å². The van der Waals surface area contributed by atoms with E-state index in [1.807, 2.05) is 0 Å². The number of nitrogens with one attached hydrogen (secondary N) is 1. The topological polar surface area (TPSA) is 49.3 Å². The van der Waals surface area contributed by atoms with E-state index in [9.17, 15) is 4.79 Å². The number of hydrogen-bond donors (Lipinski definition) is 2. The van der Waals surface area contributed by atoms with Gasteiger partial charge in [0.25, 0.3) is 0 Å². The minimum Gasteiger partial charge on any atom is -0.481 e. The summed E-state index contributed by atoms with van der Waals surface area (Å²) in [5, 5.41) is 12.1. The Bertz CT molecular complexity index is 181. The zero-order valence-electron chi connectivity index (χ0n) is 6.42. The van der Waals surface area contributed by atoms with Crippen LogP contribution >= 0.6 is 0 Å². The summed E-state index contributed by atoms with van der Waals surface area (Å²) in [6.45, 7) is 0.685. The molecule has 1 saturated heterocycles. The number of rotatable bonds is 1. The molecule has 1 heterocycles. The van der Waals surface area contributed by atoms with E-state index >= 15 is 0 Å².